The van der Waals surface area contributed by atoms with Gasteiger partial charge in [0.2, 0.25) is 0 Å². The molecule has 0 aliphatic rings. The molecule has 0 spiro atoms. The summed E-state index contributed by atoms with van der Waals surface area (Å²) in [6.45, 7) is 3.02. The predicted molar refractivity (Wildman–Crippen MR) is 69.4 cm³/mol. The molecule has 5 heteroatoms. The molecule has 1 unspecified atom stereocenters. The second-order valence-corrected chi connectivity index (χ2v) is 4.76. The van der Waals surface area contributed by atoms with Crippen molar-refractivity contribution >= 4 is 11.3 Å². The van der Waals surface area contributed by atoms with Gasteiger partial charge in [-0.1, -0.05) is 6.92 Å². The van der Waals surface area contributed by atoms with Crippen molar-refractivity contribution in [2.45, 2.75) is 25.9 Å². The molecule has 0 fully saturated rings. The normalized spacial score (nSPS) is 12.6. The Labute approximate surface area is 105 Å². The average Bonchev–Trinajstić information content (AvgIpc) is 2.96. The molecule has 92 valence electrons. The minimum absolute atomic E-state index is 0.168. The summed E-state index contributed by atoms with van der Waals surface area (Å²) in [5, 5.41) is 6.29. The molecule has 2 aromatic rings. The van der Waals surface area contributed by atoms with Crippen molar-refractivity contribution in [3.8, 4) is 5.75 Å². The zero-order valence-electron chi connectivity index (χ0n) is 10.1. The summed E-state index contributed by atoms with van der Waals surface area (Å²) >= 11 is 1.62. The third-order valence-corrected chi connectivity index (χ3v) is 3.64. The van der Waals surface area contributed by atoms with Crippen LogP contribution in [0.4, 0.5) is 0 Å². The van der Waals surface area contributed by atoms with Crippen molar-refractivity contribution in [2.75, 3.05) is 7.11 Å². The molecule has 0 bridgehead atoms. The van der Waals surface area contributed by atoms with Crippen LogP contribution >= 0.6 is 11.3 Å². The minimum Gasteiger partial charge on any atom is -0.496 e. The smallest absolute Gasteiger partial charge is 0.134 e. The van der Waals surface area contributed by atoms with Crippen LogP contribution in [-0.2, 0) is 6.54 Å². The zero-order chi connectivity index (χ0) is 12.3. The molecule has 2 rings (SSSR count). The van der Waals surface area contributed by atoms with Crippen LogP contribution in [0.5, 0.6) is 5.75 Å². The van der Waals surface area contributed by atoms with Gasteiger partial charge in [-0.2, -0.15) is 5.10 Å². The van der Waals surface area contributed by atoms with Crippen LogP contribution in [0.15, 0.2) is 23.7 Å². The first-order valence-electron chi connectivity index (χ1n) is 5.66. The van der Waals surface area contributed by atoms with Crippen LogP contribution in [0.2, 0.25) is 0 Å². The third-order valence-electron chi connectivity index (χ3n) is 2.66. The van der Waals surface area contributed by atoms with Crippen LogP contribution in [0.1, 0.15) is 30.0 Å². The first kappa shape index (κ1) is 12.1. The Balaban J connectivity index is 2.30. The maximum Gasteiger partial charge on any atom is 0.134 e. The van der Waals surface area contributed by atoms with Crippen molar-refractivity contribution in [1.82, 2.24) is 9.78 Å². The molecule has 0 aromatic carbocycles. The van der Waals surface area contributed by atoms with Crippen LogP contribution in [0.25, 0.3) is 0 Å². The van der Waals surface area contributed by atoms with E-state index in [0.29, 0.717) is 0 Å². The van der Waals surface area contributed by atoms with E-state index in [0.717, 1.165) is 29.3 Å². The number of ether oxygens (including phenoxy) is 1. The molecule has 2 N–H and O–H groups in total. The Morgan fingerprint density at radius 1 is 1.53 bits per heavy atom. The Morgan fingerprint density at radius 2 is 2.35 bits per heavy atom. The number of aromatic nitrogens is 2. The van der Waals surface area contributed by atoms with Crippen LogP contribution < -0.4 is 10.5 Å². The van der Waals surface area contributed by atoms with Crippen molar-refractivity contribution in [2.24, 2.45) is 5.73 Å². The Morgan fingerprint density at radius 3 is 3.06 bits per heavy atom. The Bertz CT molecular complexity index is 478. The molecule has 0 saturated carbocycles. The summed E-state index contributed by atoms with van der Waals surface area (Å²) in [4.78, 5) is 1.05. The first-order chi connectivity index (χ1) is 8.27. The summed E-state index contributed by atoms with van der Waals surface area (Å²) in [6.07, 6.45) is 2.84. The summed E-state index contributed by atoms with van der Waals surface area (Å²) in [5.41, 5.74) is 7.32. The quantitative estimate of drug-likeness (QED) is 0.888. The predicted octanol–water partition coefficient (Wildman–Crippen LogP) is 2.41. The lowest BCUT2D eigenvalue weighted by molar-refractivity contribution is 0.409. The number of methoxy groups -OCH3 is 1. The monoisotopic (exact) mass is 251 g/mol. The third kappa shape index (κ3) is 2.35. The summed E-state index contributed by atoms with van der Waals surface area (Å²) in [5.74, 6) is 0.853. The molecule has 0 radical (unpaired) electrons. The molecule has 17 heavy (non-hydrogen) atoms. The molecule has 2 aromatic heterocycles. The van der Waals surface area contributed by atoms with Gasteiger partial charge in [-0.3, -0.25) is 4.68 Å². The van der Waals surface area contributed by atoms with E-state index in [4.69, 9.17) is 10.5 Å². The van der Waals surface area contributed by atoms with E-state index in [9.17, 15) is 0 Å². The van der Waals surface area contributed by atoms with Crippen molar-refractivity contribution < 1.29 is 4.74 Å². The molecule has 1 atom stereocenters. The number of rotatable bonds is 5. The highest BCUT2D eigenvalue weighted by Gasteiger charge is 2.18. The zero-order valence-corrected chi connectivity index (χ0v) is 10.9. The molecule has 2 heterocycles. The van der Waals surface area contributed by atoms with E-state index in [1.165, 1.54) is 0 Å². The summed E-state index contributed by atoms with van der Waals surface area (Å²) < 4.78 is 7.27. The van der Waals surface area contributed by atoms with Crippen molar-refractivity contribution in [3.05, 3.63) is 34.3 Å². The molecule has 0 saturated heterocycles. The largest absolute Gasteiger partial charge is 0.496 e. The van der Waals surface area contributed by atoms with Crippen LogP contribution in [0, 0.1) is 0 Å². The van der Waals surface area contributed by atoms with Gasteiger partial charge in [0.05, 0.1) is 23.7 Å². The fraction of sp³-hybridized carbons (Fsp3) is 0.417. The fourth-order valence-corrected chi connectivity index (χ4v) is 2.72. The van der Waals surface area contributed by atoms with Gasteiger partial charge < -0.3 is 10.5 Å². The lowest BCUT2D eigenvalue weighted by Gasteiger charge is -2.14. The average molecular weight is 251 g/mol. The number of thiophene rings is 1. The van der Waals surface area contributed by atoms with Crippen LogP contribution in [-0.4, -0.2) is 16.9 Å². The second kappa shape index (κ2) is 5.33. The van der Waals surface area contributed by atoms with E-state index in [1.807, 2.05) is 22.2 Å². The lowest BCUT2D eigenvalue weighted by Crippen LogP contribution is -2.17. The molecular weight excluding hydrogens is 234 g/mol. The topological polar surface area (TPSA) is 53.1 Å². The van der Waals surface area contributed by atoms with Gasteiger partial charge in [-0.15, -0.1) is 11.3 Å². The standard InChI is InChI=1S/C12H17N3OS/c1-3-7-15-9(4-6-14-15)11(13)12-10(16-2)5-8-17-12/h4-6,8,11H,3,7,13H2,1-2H3. The number of hydrogen-bond acceptors (Lipinski definition) is 4. The van der Waals surface area contributed by atoms with Gasteiger partial charge in [0.15, 0.2) is 0 Å². The van der Waals surface area contributed by atoms with Gasteiger partial charge >= 0.3 is 0 Å². The van der Waals surface area contributed by atoms with Gasteiger partial charge in [0.25, 0.3) is 0 Å². The highest BCUT2D eigenvalue weighted by atomic mass is 32.1. The summed E-state index contributed by atoms with van der Waals surface area (Å²) in [7, 11) is 1.67. The molecule has 0 aliphatic carbocycles. The number of nitrogens with zero attached hydrogens (tertiary/aromatic N) is 2. The van der Waals surface area contributed by atoms with E-state index in [-0.39, 0.29) is 6.04 Å². The fourth-order valence-electron chi connectivity index (χ4n) is 1.84. The van der Waals surface area contributed by atoms with Crippen molar-refractivity contribution in [1.29, 1.82) is 0 Å². The van der Waals surface area contributed by atoms with E-state index in [1.54, 1.807) is 24.6 Å². The maximum absolute atomic E-state index is 6.28. The molecule has 0 amide bonds. The van der Waals surface area contributed by atoms with Gasteiger partial charge in [-0.05, 0) is 23.9 Å². The highest BCUT2D eigenvalue weighted by molar-refractivity contribution is 7.10. The number of aryl methyl sites for hydroxylation is 1. The number of nitrogens with two attached hydrogens (primary N) is 1. The first-order valence-corrected chi connectivity index (χ1v) is 6.54. The Hall–Kier alpha value is -1.33. The number of hydrogen-bond donors (Lipinski definition) is 1. The summed E-state index contributed by atoms with van der Waals surface area (Å²) in [6, 6.07) is 3.75. The van der Waals surface area contributed by atoms with Gasteiger partial charge in [-0.25, -0.2) is 0 Å². The minimum atomic E-state index is -0.168. The Kier molecular flexibility index (Phi) is 3.81. The maximum atomic E-state index is 6.28. The second-order valence-electron chi connectivity index (χ2n) is 3.81. The molecular formula is C12H17N3OS. The van der Waals surface area contributed by atoms with E-state index < -0.39 is 0 Å². The van der Waals surface area contributed by atoms with Crippen molar-refractivity contribution in [3.63, 3.8) is 0 Å². The van der Waals surface area contributed by atoms with Crippen LogP contribution in [0.3, 0.4) is 0 Å². The van der Waals surface area contributed by atoms with Gasteiger partial charge in [0.1, 0.15) is 5.75 Å². The molecule has 0 aliphatic heterocycles. The highest BCUT2D eigenvalue weighted by Crippen LogP contribution is 2.32. The van der Waals surface area contributed by atoms with E-state index >= 15 is 0 Å². The molecule has 4 nitrogen and oxygen atoms in total. The SMILES string of the molecule is CCCn1nccc1C(N)c1sccc1OC. The van der Waals surface area contributed by atoms with E-state index in [2.05, 4.69) is 12.0 Å². The van der Waals surface area contributed by atoms with Gasteiger partial charge in [0, 0.05) is 12.7 Å². The lowest BCUT2D eigenvalue weighted by atomic mass is 10.1.